The first-order chi connectivity index (χ1) is 10.1. The van der Waals surface area contributed by atoms with Crippen LogP contribution in [0.15, 0.2) is 0 Å². The molecular formula is C17H33N3O. The van der Waals surface area contributed by atoms with Crippen molar-refractivity contribution >= 4 is 5.91 Å². The topological polar surface area (TPSA) is 44.4 Å². The van der Waals surface area contributed by atoms with Crippen LogP contribution in [0.2, 0.25) is 0 Å². The number of hydrogen-bond donors (Lipinski definition) is 2. The molecule has 2 bridgehead atoms. The maximum Gasteiger partial charge on any atom is 0.234 e. The van der Waals surface area contributed by atoms with Gasteiger partial charge in [-0.15, -0.1) is 0 Å². The van der Waals surface area contributed by atoms with E-state index < -0.39 is 0 Å². The number of fused-ring (bicyclic) bond motifs is 2. The average molecular weight is 295 g/mol. The Balaban J connectivity index is 1.85. The Morgan fingerprint density at radius 3 is 2.48 bits per heavy atom. The lowest BCUT2D eigenvalue weighted by Crippen LogP contribution is -2.51. The van der Waals surface area contributed by atoms with Crippen molar-refractivity contribution in [1.82, 2.24) is 15.5 Å². The van der Waals surface area contributed by atoms with Crippen LogP contribution in [0.25, 0.3) is 0 Å². The number of hydrogen-bond acceptors (Lipinski definition) is 3. The Bertz CT molecular complexity index is 322. The van der Waals surface area contributed by atoms with Gasteiger partial charge in [0, 0.05) is 24.2 Å². The van der Waals surface area contributed by atoms with Gasteiger partial charge in [0.25, 0.3) is 0 Å². The van der Waals surface area contributed by atoms with E-state index in [0.717, 1.165) is 25.8 Å². The highest BCUT2D eigenvalue weighted by molar-refractivity contribution is 5.78. The smallest absolute Gasteiger partial charge is 0.234 e. The number of nitrogens with one attached hydrogen (secondary N) is 2. The second-order valence-corrected chi connectivity index (χ2v) is 6.99. The molecule has 2 saturated heterocycles. The molecule has 3 unspecified atom stereocenters. The highest BCUT2D eigenvalue weighted by Crippen LogP contribution is 2.29. The first-order valence-electron chi connectivity index (χ1n) is 8.91. The zero-order valence-corrected chi connectivity index (χ0v) is 14.0. The summed E-state index contributed by atoms with van der Waals surface area (Å²) in [4.78, 5) is 14.7. The molecule has 2 aliphatic heterocycles. The predicted molar refractivity (Wildman–Crippen MR) is 87.3 cm³/mol. The molecule has 0 saturated carbocycles. The highest BCUT2D eigenvalue weighted by atomic mass is 16.2. The molecule has 0 aromatic rings. The third-order valence-corrected chi connectivity index (χ3v) is 4.95. The molecule has 0 aliphatic carbocycles. The Hall–Kier alpha value is -0.610. The molecule has 0 radical (unpaired) electrons. The molecule has 122 valence electrons. The van der Waals surface area contributed by atoms with E-state index in [0.29, 0.717) is 30.7 Å². The minimum absolute atomic E-state index is 0.204. The van der Waals surface area contributed by atoms with E-state index in [1.165, 1.54) is 25.7 Å². The third kappa shape index (κ3) is 4.96. The fourth-order valence-corrected chi connectivity index (χ4v) is 4.01. The van der Waals surface area contributed by atoms with Crippen LogP contribution < -0.4 is 10.6 Å². The summed E-state index contributed by atoms with van der Waals surface area (Å²) in [7, 11) is 0. The molecule has 4 nitrogen and oxygen atoms in total. The van der Waals surface area contributed by atoms with Crippen LogP contribution in [0.4, 0.5) is 0 Å². The molecule has 3 atom stereocenters. The molecule has 4 heteroatoms. The SMILES string of the molecule is CCCC(C)NC(=O)CN(CCC)C1CC2CCC(C1)N2. The molecule has 2 heterocycles. The van der Waals surface area contributed by atoms with Crippen LogP contribution in [0, 0.1) is 0 Å². The number of carbonyl (C=O) groups excluding carboxylic acids is 1. The fourth-order valence-electron chi connectivity index (χ4n) is 4.01. The van der Waals surface area contributed by atoms with Crippen LogP contribution >= 0.6 is 0 Å². The summed E-state index contributed by atoms with van der Waals surface area (Å²) in [5, 5.41) is 6.84. The Morgan fingerprint density at radius 1 is 1.24 bits per heavy atom. The summed E-state index contributed by atoms with van der Waals surface area (Å²) in [6, 6.07) is 2.27. The van der Waals surface area contributed by atoms with E-state index in [4.69, 9.17) is 0 Å². The second kappa shape index (κ2) is 8.14. The monoisotopic (exact) mass is 295 g/mol. The molecule has 0 spiro atoms. The summed E-state index contributed by atoms with van der Waals surface area (Å²) in [5.74, 6) is 0.204. The minimum atomic E-state index is 0.204. The lowest BCUT2D eigenvalue weighted by atomic mass is 9.98. The van der Waals surface area contributed by atoms with Gasteiger partial charge >= 0.3 is 0 Å². The van der Waals surface area contributed by atoms with E-state index >= 15 is 0 Å². The average Bonchev–Trinajstić information content (AvgIpc) is 2.77. The third-order valence-electron chi connectivity index (χ3n) is 4.95. The summed E-state index contributed by atoms with van der Waals surface area (Å²) >= 11 is 0. The van der Waals surface area contributed by atoms with E-state index in [-0.39, 0.29) is 5.91 Å². The molecule has 2 rings (SSSR count). The van der Waals surface area contributed by atoms with Crippen molar-refractivity contribution in [3.8, 4) is 0 Å². The molecule has 21 heavy (non-hydrogen) atoms. The maximum atomic E-state index is 12.3. The van der Waals surface area contributed by atoms with Crippen molar-refractivity contribution in [1.29, 1.82) is 0 Å². The van der Waals surface area contributed by atoms with Crippen molar-refractivity contribution in [2.24, 2.45) is 0 Å². The molecular weight excluding hydrogens is 262 g/mol. The summed E-state index contributed by atoms with van der Waals surface area (Å²) in [6.45, 7) is 8.10. The van der Waals surface area contributed by atoms with Gasteiger partial charge in [0.15, 0.2) is 0 Å². The quantitative estimate of drug-likeness (QED) is 0.722. The minimum Gasteiger partial charge on any atom is -0.353 e. The van der Waals surface area contributed by atoms with Gasteiger partial charge < -0.3 is 10.6 Å². The molecule has 0 aromatic heterocycles. The van der Waals surface area contributed by atoms with Crippen LogP contribution in [-0.4, -0.2) is 48.1 Å². The van der Waals surface area contributed by atoms with Gasteiger partial charge in [-0.3, -0.25) is 9.69 Å². The second-order valence-electron chi connectivity index (χ2n) is 6.99. The van der Waals surface area contributed by atoms with Crippen molar-refractivity contribution < 1.29 is 4.79 Å². The number of piperidine rings is 1. The van der Waals surface area contributed by atoms with E-state index in [9.17, 15) is 4.79 Å². The van der Waals surface area contributed by atoms with Gasteiger partial charge in [-0.25, -0.2) is 0 Å². The largest absolute Gasteiger partial charge is 0.353 e. The number of amides is 1. The van der Waals surface area contributed by atoms with Gasteiger partial charge in [-0.05, 0) is 52.0 Å². The lowest BCUT2D eigenvalue weighted by Gasteiger charge is -2.37. The molecule has 2 fully saturated rings. The fraction of sp³-hybridized carbons (Fsp3) is 0.941. The Morgan fingerprint density at radius 2 is 1.90 bits per heavy atom. The van der Waals surface area contributed by atoms with E-state index in [2.05, 4.69) is 36.3 Å². The van der Waals surface area contributed by atoms with Gasteiger partial charge in [0.05, 0.1) is 6.54 Å². The molecule has 0 aromatic carbocycles. The van der Waals surface area contributed by atoms with Crippen molar-refractivity contribution in [3.05, 3.63) is 0 Å². The van der Waals surface area contributed by atoms with Gasteiger partial charge in [0.2, 0.25) is 5.91 Å². The molecule has 2 N–H and O–H groups in total. The zero-order valence-electron chi connectivity index (χ0n) is 14.0. The number of rotatable bonds is 8. The van der Waals surface area contributed by atoms with Crippen LogP contribution in [0.1, 0.15) is 65.7 Å². The first kappa shape index (κ1) is 16.8. The van der Waals surface area contributed by atoms with Crippen molar-refractivity contribution in [2.45, 2.75) is 89.9 Å². The zero-order chi connectivity index (χ0) is 15.2. The van der Waals surface area contributed by atoms with Gasteiger partial charge in [-0.2, -0.15) is 0 Å². The lowest BCUT2D eigenvalue weighted by molar-refractivity contribution is -0.123. The Kier molecular flexibility index (Phi) is 6.49. The summed E-state index contributed by atoms with van der Waals surface area (Å²) in [5.41, 5.74) is 0. The molecule has 2 aliphatic rings. The summed E-state index contributed by atoms with van der Waals surface area (Å²) < 4.78 is 0. The number of carbonyl (C=O) groups is 1. The highest BCUT2D eigenvalue weighted by Gasteiger charge is 2.36. The van der Waals surface area contributed by atoms with Gasteiger partial charge in [-0.1, -0.05) is 20.3 Å². The van der Waals surface area contributed by atoms with Crippen LogP contribution in [0.5, 0.6) is 0 Å². The predicted octanol–water partition coefficient (Wildman–Crippen LogP) is 2.29. The van der Waals surface area contributed by atoms with E-state index in [1.54, 1.807) is 0 Å². The van der Waals surface area contributed by atoms with Crippen molar-refractivity contribution in [2.75, 3.05) is 13.1 Å². The molecule has 1 amide bonds. The van der Waals surface area contributed by atoms with Crippen LogP contribution in [-0.2, 0) is 4.79 Å². The standard InChI is InChI=1S/C17H33N3O/c1-4-6-13(3)18-17(21)12-20(9-5-2)16-10-14-7-8-15(11-16)19-14/h13-16,19H,4-12H2,1-3H3,(H,18,21). The van der Waals surface area contributed by atoms with Gasteiger partial charge in [0.1, 0.15) is 0 Å². The number of nitrogens with zero attached hydrogens (tertiary/aromatic N) is 1. The van der Waals surface area contributed by atoms with Crippen molar-refractivity contribution in [3.63, 3.8) is 0 Å². The first-order valence-corrected chi connectivity index (χ1v) is 8.91. The Labute approximate surface area is 130 Å². The normalized spacial score (nSPS) is 29.6. The van der Waals surface area contributed by atoms with E-state index in [1.807, 2.05) is 0 Å². The summed E-state index contributed by atoms with van der Waals surface area (Å²) in [6.07, 6.45) is 8.39. The van der Waals surface area contributed by atoms with Crippen LogP contribution in [0.3, 0.4) is 0 Å². The maximum absolute atomic E-state index is 12.3.